The lowest BCUT2D eigenvalue weighted by Gasteiger charge is -2.17. The molecule has 0 N–H and O–H groups in total. The zero-order chi connectivity index (χ0) is 8.10. The third-order valence-electron chi connectivity index (χ3n) is 1.82. The maximum Gasteiger partial charge on any atom is 0.0956 e. The van der Waals surface area contributed by atoms with E-state index in [1.807, 2.05) is 18.7 Å². The lowest BCUT2D eigenvalue weighted by Crippen LogP contribution is -2.25. The molecule has 1 aromatic heterocycles. The van der Waals surface area contributed by atoms with Crippen molar-refractivity contribution in [1.82, 2.24) is 14.5 Å². The smallest absolute Gasteiger partial charge is 0.0956 e. The van der Waals surface area contributed by atoms with Gasteiger partial charge in [-0.1, -0.05) is 13.8 Å². The van der Waals surface area contributed by atoms with Gasteiger partial charge in [0, 0.05) is 12.4 Å². The predicted molar refractivity (Wildman–Crippen MR) is 45.1 cm³/mol. The molecule has 0 unspecified atom stereocenters. The highest BCUT2D eigenvalue weighted by atomic mass is 15.2. The molecule has 0 bridgehead atoms. The van der Waals surface area contributed by atoms with Crippen LogP contribution in [-0.4, -0.2) is 27.5 Å². The van der Waals surface area contributed by atoms with Crippen molar-refractivity contribution in [3.63, 3.8) is 0 Å². The van der Waals surface area contributed by atoms with E-state index in [0.29, 0.717) is 0 Å². The summed E-state index contributed by atoms with van der Waals surface area (Å²) in [5.41, 5.74) is 0. The first kappa shape index (κ1) is 8.27. The molecule has 0 radical (unpaired) electrons. The van der Waals surface area contributed by atoms with E-state index in [9.17, 15) is 0 Å². The lowest BCUT2D eigenvalue weighted by atomic mass is 10.5. The third kappa shape index (κ3) is 2.35. The molecule has 3 nitrogen and oxygen atoms in total. The number of nitrogens with zero attached hydrogens (tertiary/aromatic N) is 3. The summed E-state index contributed by atoms with van der Waals surface area (Å²) >= 11 is 0. The molecule has 1 rings (SSSR count). The van der Waals surface area contributed by atoms with Gasteiger partial charge in [-0.2, -0.15) is 0 Å². The summed E-state index contributed by atoms with van der Waals surface area (Å²) in [5, 5.41) is 0. The summed E-state index contributed by atoms with van der Waals surface area (Å²) in [6.07, 6.45) is 5.64. The van der Waals surface area contributed by atoms with Crippen LogP contribution < -0.4 is 0 Å². The Morgan fingerprint density at radius 3 is 2.55 bits per heavy atom. The molecule has 0 fully saturated rings. The molecule has 0 saturated heterocycles. The van der Waals surface area contributed by atoms with Crippen molar-refractivity contribution in [2.75, 3.05) is 13.1 Å². The van der Waals surface area contributed by atoms with Crippen molar-refractivity contribution in [3.8, 4) is 0 Å². The van der Waals surface area contributed by atoms with Crippen molar-refractivity contribution in [2.45, 2.75) is 20.5 Å². The summed E-state index contributed by atoms with van der Waals surface area (Å²) in [7, 11) is 0. The second-order valence-electron chi connectivity index (χ2n) is 2.52. The van der Waals surface area contributed by atoms with E-state index in [4.69, 9.17) is 0 Å². The largest absolute Gasteiger partial charge is 0.324 e. The van der Waals surface area contributed by atoms with Crippen molar-refractivity contribution in [1.29, 1.82) is 0 Å². The van der Waals surface area contributed by atoms with Gasteiger partial charge in [0.1, 0.15) is 0 Å². The van der Waals surface area contributed by atoms with Gasteiger partial charge >= 0.3 is 0 Å². The Morgan fingerprint density at radius 2 is 2.09 bits per heavy atom. The molecule has 1 aromatic rings. The van der Waals surface area contributed by atoms with Gasteiger partial charge in [-0.05, 0) is 13.1 Å². The van der Waals surface area contributed by atoms with Crippen LogP contribution in [0.2, 0.25) is 0 Å². The average molecular weight is 153 g/mol. The van der Waals surface area contributed by atoms with Gasteiger partial charge in [0.15, 0.2) is 0 Å². The van der Waals surface area contributed by atoms with Crippen LogP contribution in [0.4, 0.5) is 0 Å². The molecular formula is C8H15N3. The average Bonchev–Trinajstić information content (AvgIpc) is 2.52. The molecular weight excluding hydrogens is 138 g/mol. The molecule has 0 aliphatic rings. The third-order valence-corrected chi connectivity index (χ3v) is 1.82. The Morgan fingerprint density at radius 1 is 1.36 bits per heavy atom. The van der Waals surface area contributed by atoms with Crippen molar-refractivity contribution < 1.29 is 0 Å². The van der Waals surface area contributed by atoms with Gasteiger partial charge in [0.2, 0.25) is 0 Å². The summed E-state index contributed by atoms with van der Waals surface area (Å²) in [5.74, 6) is 0. The standard InChI is InChI=1S/C8H15N3/c1-3-10(4-2)8-11-6-5-9-7-11/h5-7H,3-4,8H2,1-2H3. The lowest BCUT2D eigenvalue weighted by molar-refractivity contribution is 0.242. The zero-order valence-corrected chi connectivity index (χ0v) is 7.20. The monoisotopic (exact) mass is 153 g/mol. The highest BCUT2D eigenvalue weighted by Gasteiger charge is 1.97. The van der Waals surface area contributed by atoms with Crippen molar-refractivity contribution >= 4 is 0 Å². The van der Waals surface area contributed by atoms with E-state index in [0.717, 1.165) is 19.8 Å². The molecule has 1 heterocycles. The quantitative estimate of drug-likeness (QED) is 0.647. The minimum atomic E-state index is 0.951. The first-order valence-electron chi connectivity index (χ1n) is 4.05. The van der Waals surface area contributed by atoms with Gasteiger partial charge in [0.05, 0.1) is 13.0 Å². The molecule has 0 aliphatic carbocycles. The summed E-state index contributed by atoms with van der Waals surface area (Å²) in [6.45, 7) is 7.47. The number of aromatic nitrogens is 2. The minimum absolute atomic E-state index is 0.951. The van der Waals surface area contributed by atoms with E-state index in [2.05, 4.69) is 28.3 Å². The first-order valence-corrected chi connectivity index (χ1v) is 4.05. The fraction of sp³-hybridized carbons (Fsp3) is 0.625. The molecule has 0 saturated carbocycles. The molecule has 0 atom stereocenters. The molecule has 11 heavy (non-hydrogen) atoms. The van der Waals surface area contributed by atoms with Crippen LogP contribution in [0.3, 0.4) is 0 Å². The molecule has 62 valence electrons. The maximum absolute atomic E-state index is 3.98. The zero-order valence-electron chi connectivity index (χ0n) is 7.20. The van der Waals surface area contributed by atoms with Crippen molar-refractivity contribution in [2.24, 2.45) is 0 Å². The van der Waals surface area contributed by atoms with Gasteiger partial charge in [-0.15, -0.1) is 0 Å². The highest BCUT2D eigenvalue weighted by molar-refractivity contribution is 4.73. The SMILES string of the molecule is CCN(CC)Cn1ccnc1. The van der Waals surface area contributed by atoms with E-state index < -0.39 is 0 Å². The number of hydrogen-bond donors (Lipinski definition) is 0. The summed E-state index contributed by atoms with van der Waals surface area (Å²) in [4.78, 5) is 6.32. The van der Waals surface area contributed by atoms with Crippen LogP contribution >= 0.6 is 0 Å². The van der Waals surface area contributed by atoms with Crippen LogP contribution in [0.25, 0.3) is 0 Å². The van der Waals surface area contributed by atoms with Crippen LogP contribution in [0, 0.1) is 0 Å². The number of rotatable bonds is 4. The van der Waals surface area contributed by atoms with Gasteiger partial charge in [0.25, 0.3) is 0 Å². The van der Waals surface area contributed by atoms with Crippen LogP contribution in [0.15, 0.2) is 18.7 Å². The van der Waals surface area contributed by atoms with Crippen molar-refractivity contribution in [3.05, 3.63) is 18.7 Å². The molecule has 0 aliphatic heterocycles. The van der Waals surface area contributed by atoms with Crippen LogP contribution in [0.1, 0.15) is 13.8 Å². The van der Waals surface area contributed by atoms with Gasteiger partial charge < -0.3 is 4.57 Å². The van der Waals surface area contributed by atoms with E-state index in [1.54, 1.807) is 0 Å². The van der Waals surface area contributed by atoms with E-state index >= 15 is 0 Å². The number of imidazole rings is 1. The van der Waals surface area contributed by atoms with Crippen LogP contribution in [-0.2, 0) is 6.67 Å². The fourth-order valence-electron chi connectivity index (χ4n) is 1.02. The van der Waals surface area contributed by atoms with Gasteiger partial charge in [-0.3, -0.25) is 4.90 Å². The Labute approximate surface area is 67.7 Å². The molecule has 0 spiro atoms. The second kappa shape index (κ2) is 4.13. The summed E-state index contributed by atoms with van der Waals surface area (Å²) < 4.78 is 2.08. The minimum Gasteiger partial charge on any atom is -0.324 e. The Hall–Kier alpha value is -0.830. The predicted octanol–water partition coefficient (Wildman–Crippen LogP) is 1.18. The summed E-state index contributed by atoms with van der Waals surface area (Å²) in [6, 6.07) is 0. The Kier molecular flexibility index (Phi) is 3.11. The first-order chi connectivity index (χ1) is 5.36. The van der Waals surface area contributed by atoms with Crippen LogP contribution in [0.5, 0.6) is 0 Å². The maximum atomic E-state index is 3.98. The molecule has 3 heteroatoms. The normalized spacial score (nSPS) is 10.8. The van der Waals surface area contributed by atoms with E-state index in [-0.39, 0.29) is 0 Å². The Bertz CT molecular complexity index is 177. The van der Waals surface area contributed by atoms with E-state index in [1.165, 1.54) is 0 Å². The molecule has 0 aromatic carbocycles. The second-order valence-corrected chi connectivity index (χ2v) is 2.52. The Balaban J connectivity index is 2.41. The fourth-order valence-corrected chi connectivity index (χ4v) is 1.02. The highest BCUT2D eigenvalue weighted by Crippen LogP contribution is 1.92. The molecule has 0 amide bonds. The topological polar surface area (TPSA) is 21.1 Å². The van der Waals surface area contributed by atoms with Gasteiger partial charge in [-0.25, -0.2) is 4.98 Å². The number of hydrogen-bond acceptors (Lipinski definition) is 2.